The molecule has 1 saturated heterocycles. The van der Waals surface area contributed by atoms with E-state index in [4.69, 9.17) is 4.74 Å². The lowest BCUT2D eigenvalue weighted by atomic mass is 10.2. The van der Waals surface area contributed by atoms with Gasteiger partial charge < -0.3 is 10.1 Å². The van der Waals surface area contributed by atoms with Crippen LogP contribution in [-0.4, -0.2) is 40.1 Å². The van der Waals surface area contributed by atoms with Gasteiger partial charge in [0.15, 0.2) is 0 Å². The monoisotopic (exact) mass is 382 g/mol. The van der Waals surface area contributed by atoms with Crippen molar-refractivity contribution in [2.24, 2.45) is 0 Å². The van der Waals surface area contributed by atoms with Crippen molar-refractivity contribution in [1.82, 2.24) is 10.0 Å². The smallest absolute Gasteiger partial charge is 0.250 e. The summed E-state index contributed by atoms with van der Waals surface area (Å²) in [7, 11) is -3.63. The molecular formula is C11H15BrN2O4S2. The number of hydrogen-bond donors (Lipinski definition) is 2. The zero-order chi connectivity index (χ0) is 14.6. The maximum Gasteiger partial charge on any atom is 0.250 e. The molecule has 2 heterocycles. The average Bonchev–Trinajstić information content (AvgIpc) is 3.05. The second-order valence-corrected chi connectivity index (χ2v) is 8.78. The molecule has 0 aromatic carbocycles. The van der Waals surface area contributed by atoms with E-state index in [0.29, 0.717) is 6.54 Å². The predicted molar refractivity (Wildman–Crippen MR) is 79.2 cm³/mol. The first-order valence-electron chi connectivity index (χ1n) is 6.11. The van der Waals surface area contributed by atoms with Crippen LogP contribution >= 0.6 is 27.3 Å². The molecule has 0 saturated carbocycles. The van der Waals surface area contributed by atoms with Crippen LogP contribution in [-0.2, 0) is 19.6 Å². The summed E-state index contributed by atoms with van der Waals surface area (Å²) < 4.78 is 32.3. The molecule has 0 bridgehead atoms. The number of thiophene rings is 1. The number of nitrogens with one attached hydrogen (secondary N) is 2. The Morgan fingerprint density at radius 3 is 2.90 bits per heavy atom. The van der Waals surface area contributed by atoms with Gasteiger partial charge in [-0.2, -0.15) is 0 Å². The van der Waals surface area contributed by atoms with Gasteiger partial charge in [-0.1, -0.05) is 0 Å². The van der Waals surface area contributed by atoms with Crippen molar-refractivity contribution in [2.45, 2.75) is 23.2 Å². The fourth-order valence-electron chi connectivity index (χ4n) is 1.77. The SMILES string of the molecule is O=C(CNS(=O)(=O)c1ccc(Br)s1)NCC1CCCO1. The van der Waals surface area contributed by atoms with Crippen LogP contribution in [0.15, 0.2) is 20.1 Å². The summed E-state index contributed by atoms with van der Waals surface area (Å²) in [5.74, 6) is -0.361. The van der Waals surface area contributed by atoms with Crippen molar-refractivity contribution in [3.8, 4) is 0 Å². The lowest BCUT2D eigenvalue weighted by Gasteiger charge is -2.11. The van der Waals surface area contributed by atoms with Gasteiger partial charge in [0.1, 0.15) is 4.21 Å². The van der Waals surface area contributed by atoms with Crippen LogP contribution in [0, 0.1) is 0 Å². The van der Waals surface area contributed by atoms with E-state index in [-0.39, 0.29) is 22.8 Å². The van der Waals surface area contributed by atoms with Crippen LogP contribution in [0.3, 0.4) is 0 Å². The molecule has 9 heteroatoms. The molecule has 112 valence electrons. The van der Waals surface area contributed by atoms with Crippen LogP contribution in [0.2, 0.25) is 0 Å². The van der Waals surface area contributed by atoms with Gasteiger partial charge in [-0.3, -0.25) is 4.79 Å². The van der Waals surface area contributed by atoms with Gasteiger partial charge in [0, 0.05) is 13.2 Å². The molecule has 1 unspecified atom stereocenters. The van der Waals surface area contributed by atoms with E-state index in [1.54, 1.807) is 6.07 Å². The van der Waals surface area contributed by atoms with E-state index in [9.17, 15) is 13.2 Å². The minimum atomic E-state index is -3.63. The number of hydrogen-bond acceptors (Lipinski definition) is 5. The zero-order valence-corrected chi connectivity index (χ0v) is 13.8. The summed E-state index contributed by atoms with van der Waals surface area (Å²) in [4.78, 5) is 11.6. The van der Waals surface area contributed by atoms with E-state index < -0.39 is 10.0 Å². The molecule has 20 heavy (non-hydrogen) atoms. The number of rotatable bonds is 6. The van der Waals surface area contributed by atoms with Gasteiger partial charge in [0.05, 0.1) is 16.4 Å². The third kappa shape index (κ3) is 4.52. The molecule has 0 aliphatic carbocycles. The third-order valence-corrected chi connectivity index (χ3v) is 6.30. The van der Waals surface area contributed by atoms with Crippen LogP contribution < -0.4 is 10.0 Å². The van der Waals surface area contributed by atoms with Crippen LogP contribution in [0.5, 0.6) is 0 Å². The summed E-state index contributed by atoms with van der Waals surface area (Å²) in [6.45, 7) is 0.871. The Labute approximate surface area is 130 Å². The van der Waals surface area contributed by atoms with Gasteiger partial charge in [-0.15, -0.1) is 11.3 Å². The average molecular weight is 383 g/mol. The van der Waals surface area contributed by atoms with E-state index in [1.807, 2.05) is 0 Å². The maximum absolute atomic E-state index is 11.9. The first kappa shape index (κ1) is 15.9. The number of amides is 1. The first-order valence-corrected chi connectivity index (χ1v) is 9.20. The Hall–Kier alpha value is -0.480. The highest BCUT2D eigenvalue weighted by Crippen LogP contribution is 2.25. The van der Waals surface area contributed by atoms with Crippen molar-refractivity contribution < 1.29 is 17.9 Å². The molecule has 0 spiro atoms. The van der Waals surface area contributed by atoms with E-state index in [2.05, 4.69) is 26.0 Å². The molecule has 2 N–H and O–H groups in total. The van der Waals surface area contributed by atoms with Crippen molar-refractivity contribution in [3.63, 3.8) is 0 Å². The van der Waals surface area contributed by atoms with Crippen molar-refractivity contribution in [1.29, 1.82) is 0 Å². The van der Waals surface area contributed by atoms with Gasteiger partial charge in [0.25, 0.3) is 10.0 Å². The number of ether oxygens (including phenoxy) is 1. The molecule has 1 aromatic heterocycles. The molecule has 0 radical (unpaired) electrons. The zero-order valence-electron chi connectivity index (χ0n) is 10.6. The standard InChI is InChI=1S/C11H15BrN2O4S2/c12-9-3-4-11(19-9)20(16,17)14-7-10(15)13-6-8-2-1-5-18-8/h3-4,8,14H,1-2,5-7H2,(H,13,15). The summed E-state index contributed by atoms with van der Waals surface area (Å²) >= 11 is 4.29. The number of carbonyl (C=O) groups is 1. The Balaban J connectivity index is 1.77. The second kappa shape index (κ2) is 6.99. The topological polar surface area (TPSA) is 84.5 Å². The highest BCUT2D eigenvalue weighted by Gasteiger charge is 2.19. The maximum atomic E-state index is 11.9. The minimum Gasteiger partial charge on any atom is -0.376 e. The van der Waals surface area contributed by atoms with Crippen LogP contribution in [0.25, 0.3) is 0 Å². The summed E-state index contributed by atoms with van der Waals surface area (Å²) in [6, 6.07) is 3.14. The Morgan fingerprint density at radius 2 is 2.30 bits per heavy atom. The Kier molecular flexibility index (Phi) is 5.56. The molecular weight excluding hydrogens is 368 g/mol. The highest BCUT2D eigenvalue weighted by atomic mass is 79.9. The van der Waals surface area contributed by atoms with Gasteiger partial charge in [-0.05, 0) is 40.9 Å². The van der Waals surface area contributed by atoms with E-state index in [0.717, 1.165) is 34.6 Å². The molecule has 1 aliphatic rings. The number of halogens is 1. The molecule has 2 rings (SSSR count). The van der Waals surface area contributed by atoms with Gasteiger partial charge >= 0.3 is 0 Å². The van der Waals surface area contributed by atoms with E-state index >= 15 is 0 Å². The largest absolute Gasteiger partial charge is 0.376 e. The Morgan fingerprint density at radius 1 is 1.50 bits per heavy atom. The Bertz CT molecular complexity index is 567. The van der Waals surface area contributed by atoms with Gasteiger partial charge in [0.2, 0.25) is 5.91 Å². The quantitative estimate of drug-likeness (QED) is 0.770. The molecule has 1 atom stereocenters. The third-order valence-electron chi connectivity index (χ3n) is 2.79. The van der Waals surface area contributed by atoms with Crippen LogP contribution in [0.4, 0.5) is 0 Å². The minimum absolute atomic E-state index is 0.0452. The lowest BCUT2D eigenvalue weighted by Crippen LogP contribution is -2.39. The van der Waals surface area contributed by atoms with Gasteiger partial charge in [-0.25, -0.2) is 13.1 Å². The normalized spacial score (nSPS) is 19.1. The fourth-order valence-corrected chi connectivity index (χ4v) is 4.81. The molecule has 1 amide bonds. The summed E-state index contributed by atoms with van der Waals surface area (Å²) in [5, 5.41) is 2.66. The molecule has 1 fully saturated rings. The molecule has 1 aromatic rings. The number of sulfonamides is 1. The first-order chi connectivity index (χ1) is 9.47. The lowest BCUT2D eigenvalue weighted by molar-refractivity contribution is -0.120. The van der Waals surface area contributed by atoms with Crippen molar-refractivity contribution in [2.75, 3.05) is 19.7 Å². The molecule has 6 nitrogen and oxygen atoms in total. The number of carbonyl (C=O) groups excluding carboxylic acids is 1. The van der Waals surface area contributed by atoms with E-state index in [1.165, 1.54) is 6.07 Å². The summed E-state index contributed by atoms with van der Waals surface area (Å²) in [5.41, 5.74) is 0. The molecule has 1 aliphatic heterocycles. The van der Waals surface area contributed by atoms with Crippen molar-refractivity contribution in [3.05, 3.63) is 15.9 Å². The van der Waals surface area contributed by atoms with Crippen LogP contribution in [0.1, 0.15) is 12.8 Å². The van der Waals surface area contributed by atoms with Crippen molar-refractivity contribution >= 4 is 43.2 Å². The second-order valence-electron chi connectivity index (χ2n) is 4.32. The highest BCUT2D eigenvalue weighted by molar-refractivity contribution is 9.11. The predicted octanol–water partition coefficient (Wildman–Crippen LogP) is 1.08. The fraction of sp³-hybridized carbons (Fsp3) is 0.545. The summed E-state index contributed by atoms with van der Waals surface area (Å²) in [6.07, 6.45) is 1.97.